The first kappa shape index (κ1) is 12.0. The molecule has 0 saturated heterocycles. The molecule has 3 rings (SSSR count). The van der Waals surface area contributed by atoms with Gasteiger partial charge in [0.2, 0.25) is 0 Å². The third-order valence-electron chi connectivity index (χ3n) is 2.79. The minimum absolute atomic E-state index is 0. The van der Waals surface area contributed by atoms with Gasteiger partial charge in [-0.25, -0.2) is 0 Å². The van der Waals surface area contributed by atoms with Gasteiger partial charge in [-0.1, -0.05) is 41.8 Å². The minimum Gasteiger partial charge on any atom is -0.303 e. The van der Waals surface area contributed by atoms with Gasteiger partial charge in [-0.05, 0) is 5.39 Å². The quantitative estimate of drug-likeness (QED) is 0.540. The monoisotopic (exact) mass is 389 g/mol. The topological polar surface area (TPSA) is 17.1 Å². The fourth-order valence-corrected chi connectivity index (χ4v) is 1.96. The number of fused-ring (bicyclic) bond motifs is 2. The minimum atomic E-state index is 0. The normalized spacial score (nSPS) is 10.1. The van der Waals surface area contributed by atoms with Crippen molar-refractivity contribution in [3.05, 3.63) is 70.9 Å². The first-order valence-corrected chi connectivity index (χ1v) is 5.18. The molecule has 0 bridgehead atoms. The van der Waals surface area contributed by atoms with Crippen molar-refractivity contribution >= 4 is 21.5 Å². The Hall–Kier alpha value is -1.46. The zero-order chi connectivity index (χ0) is 11.0. The third-order valence-corrected chi connectivity index (χ3v) is 2.79. The Balaban J connectivity index is 0.00000108. The Morgan fingerprint density at radius 3 is 2.35 bits per heavy atom. The van der Waals surface area contributed by atoms with Crippen molar-refractivity contribution in [1.82, 2.24) is 0 Å². The van der Waals surface area contributed by atoms with E-state index in [2.05, 4.69) is 6.07 Å². The van der Waals surface area contributed by atoms with Crippen molar-refractivity contribution in [3.8, 4) is 0 Å². The Morgan fingerprint density at radius 1 is 0.824 bits per heavy atom. The third kappa shape index (κ3) is 2.03. The van der Waals surface area contributed by atoms with Gasteiger partial charge in [0.25, 0.3) is 0 Å². The molecule has 0 spiro atoms. The number of hydrogen-bond acceptors (Lipinski definition) is 1. The maximum atomic E-state index is 12.3. The van der Waals surface area contributed by atoms with E-state index in [9.17, 15) is 4.79 Å². The molecule has 2 heteroatoms. The summed E-state index contributed by atoms with van der Waals surface area (Å²) in [5.74, 6) is 0. The fraction of sp³-hybridized carbons (Fsp3) is 0. The standard InChI is InChI=1S/C15H9O.W/c16-15-13-7-3-1-5-11(13)9-10-12-6-2-4-8-14(12)15;/h1-3,5-10H;/q-1;. The van der Waals surface area contributed by atoms with Gasteiger partial charge in [-0.2, -0.15) is 24.3 Å². The van der Waals surface area contributed by atoms with E-state index >= 15 is 0 Å². The summed E-state index contributed by atoms with van der Waals surface area (Å²) in [5.41, 5.74) is 0.0763. The molecule has 0 amide bonds. The van der Waals surface area contributed by atoms with E-state index < -0.39 is 0 Å². The molecule has 3 aromatic rings. The number of rotatable bonds is 0. The van der Waals surface area contributed by atoms with Crippen LogP contribution in [-0.4, -0.2) is 0 Å². The van der Waals surface area contributed by atoms with Gasteiger partial charge >= 0.3 is 0 Å². The summed E-state index contributed by atoms with van der Waals surface area (Å²) in [6, 6.07) is 20.1. The van der Waals surface area contributed by atoms with Crippen molar-refractivity contribution in [2.75, 3.05) is 0 Å². The maximum absolute atomic E-state index is 12.3. The molecule has 17 heavy (non-hydrogen) atoms. The second kappa shape index (κ2) is 4.81. The summed E-state index contributed by atoms with van der Waals surface area (Å²) in [4.78, 5) is 12.3. The average molecular weight is 389 g/mol. The molecular weight excluding hydrogens is 380 g/mol. The Kier molecular flexibility index (Phi) is 3.40. The van der Waals surface area contributed by atoms with Crippen LogP contribution in [0.15, 0.2) is 59.4 Å². The summed E-state index contributed by atoms with van der Waals surface area (Å²) >= 11 is 0. The summed E-state index contributed by atoms with van der Waals surface area (Å²) in [5, 5.41) is 3.42. The smallest absolute Gasteiger partial charge is 0.139 e. The van der Waals surface area contributed by atoms with Crippen molar-refractivity contribution < 1.29 is 21.1 Å². The van der Waals surface area contributed by atoms with Gasteiger partial charge < -0.3 is 4.79 Å². The number of benzene rings is 2. The van der Waals surface area contributed by atoms with Gasteiger partial charge in [0.15, 0.2) is 0 Å². The van der Waals surface area contributed by atoms with Crippen LogP contribution in [0.4, 0.5) is 0 Å². The van der Waals surface area contributed by atoms with Gasteiger partial charge in [0.05, 0.1) is 0 Å². The second-order valence-electron chi connectivity index (χ2n) is 3.76. The van der Waals surface area contributed by atoms with E-state index in [0.29, 0.717) is 0 Å². The van der Waals surface area contributed by atoms with Gasteiger partial charge in [0, 0.05) is 26.5 Å². The molecule has 0 heterocycles. The zero-order valence-corrected chi connectivity index (χ0v) is 11.9. The van der Waals surface area contributed by atoms with Crippen LogP contribution in [0, 0.1) is 6.07 Å². The summed E-state index contributed by atoms with van der Waals surface area (Å²) in [6.07, 6.45) is 0. The molecule has 0 N–H and O–H groups in total. The molecule has 0 aliphatic rings. The van der Waals surface area contributed by atoms with E-state index in [0.717, 1.165) is 21.5 Å². The molecule has 0 atom stereocenters. The van der Waals surface area contributed by atoms with Crippen LogP contribution in [0.1, 0.15) is 0 Å². The molecule has 82 valence electrons. The Morgan fingerprint density at radius 2 is 1.53 bits per heavy atom. The van der Waals surface area contributed by atoms with Crippen LogP contribution in [0.25, 0.3) is 21.5 Å². The fourth-order valence-electron chi connectivity index (χ4n) is 1.96. The molecule has 0 aliphatic heterocycles. The van der Waals surface area contributed by atoms with Crippen LogP contribution in [0.2, 0.25) is 0 Å². The Labute approximate surface area is 113 Å². The molecular formula is C15H9OW-. The van der Waals surface area contributed by atoms with E-state index in [1.807, 2.05) is 48.5 Å². The predicted molar refractivity (Wildman–Crippen MR) is 66.6 cm³/mol. The first-order chi connectivity index (χ1) is 7.86. The zero-order valence-electron chi connectivity index (χ0n) is 9.01. The number of hydrogen-bond donors (Lipinski definition) is 0. The predicted octanol–water partition coefficient (Wildman–Crippen LogP) is 3.15. The van der Waals surface area contributed by atoms with E-state index in [1.165, 1.54) is 0 Å². The largest absolute Gasteiger partial charge is 0.303 e. The molecule has 0 saturated carbocycles. The first-order valence-electron chi connectivity index (χ1n) is 5.18. The maximum Gasteiger partial charge on any atom is 0.139 e. The van der Waals surface area contributed by atoms with Gasteiger partial charge in [0.1, 0.15) is 5.43 Å². The molecule has 1 nitrogen and oxygen atoms in total. The molecule has 0 fully saturated rings. The molecule has 0 unspecified atom stereocenters. The summed E-state index contributed by atoms with van der Waals surface area (Å²) in [7, 11) is 0. The average Bonchev–Trinajstić information content (AvgIpc) is 2.49. The van der Waals surface area contributed by atoms with Crippen LogP contribution in [0.3, 0.4) is 0 Å². The SMILES string of the molecule is O=c1c2c[c-]ccc2ccc2ccccc12.[W]. The van der Waals surface area contributed by atoms with E-state index in [-0.39, 0.29) is 26.5 Å². The van der Waals surface area contributed by atoms with Crippen LogP contribution >= 0.6 is 0 Å². The Bertz CT molecular complexity index is 673. The van der Waals surface area contributed by atoms with Gasteiger partial charge in [-0.3, -0.25) is 0 Å². The molecule has 0 radical (unpaired) electrons. The molecule has 3 aromatic carbocycles. The van der Waals surface area contributed by atoms with Crippen molar-refractivity contribution in [2.24, 2.45) is 0 Å². The molecule has 0 aliphatic carbocycles. The van der Waals surface area contributed by atoms with E-state index in [1.54, 1.807) is 6.07 Å². The van der Waals surface area contributed by atoms with Crippen molar-refractivity contribution in [3.63, 3.8) is 0 Å². The van der Waals surface area contributed by atoms with Crippen LogP contribution in [0.5, 0.6) is 0 Å². The van der Waals surface area contributed by atoms with E-state index in [4.69, 9.17) is 0 Å². The second-order valence-corrected chi connectivity index (χ2v) is 3.76. The van der Waals surface area contributed by atoms with Crippen molar-refractivity contribution in [2.45, 2.75) is 0 Å². The van der Waals surface area contributed by atoms with Crippen LogP contribution < -0.4 is 5.43 Å². The van der Waals surface area contributed by atoms with Gasteiger partial charge in [-0.15, -0.1) is 5.39 Å². The van der Waals surface area contributed by atoms with Crippen molar-refractivity contribution in [1.29, 1.82) is 0 Å². The van der Waals surface area contributed by atoms with Crippen LogP contribution in [-0.2, 0) is 21.1 Å². The summed E-state index contributed by atoms with van der Waals surface area (Å²) < 4.78 is 0. The summed E-state index contributed by atoms with van der Waals surface area (Å²) in [6.45, 7) is 0. The molecule has 0 aromatic heterocycles.